The number of benzene rings is 1. The number of H-pyrrole nitrogens is 1. The number of allylic oxidation sites excluding steroid dienone is 2. The minimum absolute atomic E-state index is 0.174. The number of rotatable bonds is 3. The van der Waals surface area contributed by atoms with Gasteiger partial charge in [0.15, 0.2) is 0 Å². The summed E-state index contributed by atoms with van der Waals surface area (Å²) in [6.07, 6.45) is 6.31. The van der Waals surface area contributed by atoms with Gasteiger partial charge in [-0.25, -0.2) is 4.68 Å². The lowest BCUT2D eigenvalue weighted by Gasteiger charge is -2.25. The number of hydrogen-bond donors (Lipinski definition) is 3. The largest absolute Gasteiger partial charge is 0.383 e. The molecule has 7 nitrogen and oxygen atoms in total. The highest BCUT2D eigenvalue weighted by atomic mass is 16.1. The maximum Gasteiger partial charge on any atom is 0.214 e. The molecule has 1 atom stereocenters. The number of amidine groups is 1. The zero-order chi connectivity index (χ0) is 19.5. The highest BCUT2D eigenvalue weighted by Crippen LogP contribution is 2.35. The van der Waals surface area contributed by atoms with Crippen LogP contribution in [0.2, 0.25) is 0 Å². The number of hydrogen-bond acceptors (Lipinski definition) is 5. The standard InChI is InChI=1S/C21H20N6O/c1-12-24-18-10-14(7-8-21(18,2)26-12)27-20(22)15(11-23-27)19(28)17-9-13-5-3-4-6-16(13)25-17/h3-7,9-11,25H,8,22H2,1-2H3,(H,24,26). The molecule has 1 aliphatic carbocycles. The number of nitrogens with one attached hydrogen (secondary N) is 2. The van der Waals surface area contributed by atoms with Crippen LogP contribution < -0.4 is 11.1 Å². The van der Waals surface area contributed by atoms with Crippen LogP contribution in [0.5, 0.6) is 0 Å². The van der Waals surface area contributed by atoms with Crippen molar-refractivity contribution in [3.63, 3.8) is 0 Å². The molecule has 3 aromatic rings. The van der Waals surface area contributed by atoms with Gasteiger partial charge in [0.25, 0.3) is 0 Å². The number of carbonyl (C=O) groups excluding carboxylic acids is 1. The molecule has 1 unspecified atom stereocenters. The average molecular weight is 372 g/mol. The first kappa shape index (κ1) is 16.6. The van der Waals surface area contributed by atoms with Gasteiger partial charge in [0, 0.05) is 16.6 Å². The predicted octanol–water partition coefficient (Wildman–Crippen LogP) is 3.09. The molecular formula is C21H20N6O. The number of nitrogens with zero attached hydrogens (tertiary/aromatic N) is 3. The molecule has 0 bridgehead atoms. The minimum atomic E-state index is -0.265. The summed E-state index contributed by atoms with van der Waals surface area (Å²) in [5, 5.41) is 8.66. The Morgan fingerprint density at radius 1 is 1.32 bits per heavy atom. The zero-order valence-electron chi connectivity index (χ0n) is 15.7. The fourth-order valence-electron chi connectivity index (χ4n) is 3.87. The molecule has 2 aliphatic rings. The highest BCUT2D eigenvalue weighted by Gasteiger charge is 2.36. The summed E-state index contributed by atoms with van der Waals surface area (Å²) in [4.78, 5) is 20.8. The second-order valence-corrected chi connectivity index (χ2v) is 7.44. The number of fused-ring (bicyclic) bond motifs is 2. The smallest absolute Gasteiger partial charge is 0.214 e. The van der Waals surface area contributed by atoms with Crippen LogP contribution in [0.4, 0.5) is 5.82 Å². The lowest BCUT2D eigenvalue weighted by Crippen LogP contribution is -2.29. The van der Waals surface area contributed by atoms with Gasteiger partial charge in [-0.15, -0.1) is 0 Å². The van der Waals surface area contributed by atoms with Gasteiger partial charge in [-0.3, -0.25) is 9.79 Å². The normalized spacial score (nSPS) is 21.0. The summed E-state index contributed by atoms with van der Waals surface area (Å²) in [6, 6.07) is 9.61. The van der Waals surface area contributed by atoms with Gasteiger partial charge in [-0.2, -0.15) is 5.10 Å². The molecule has 140 valence electrons. The van der Waals surface area contributed by atoms with Crippen LogP contribution in [0.1, 0.15) is 36.3 Å². The van der Waals surface area contributed by atoms with Crippen molar-refractivity contribution >= 4 is 34.0 Å². The number of nitrogens with two attached hydrogens (primary N) is 1. The van der Waals surface area contributed by atoms with Crippen molar-refractivity contribution in [3.05, 3.63) is 65.6 Å². The number of nitrogen functional groups attached to an aromatic ring is 1. The Morgan fingerprint density at radius 2 is 2.14 bits per heavy atom. The molecule has 0 amide bonds. The van der Waals surface area contributed by atoms with E-state index in [4.69, 9.17) is 5.73 Å². The molecule has 0 saturated carbocycles. The van der Waals surface area contributed by atoms with Crippen molar-refractivity contribution < 1.29 is 4.79 Å². The monoisotopic (exact) mass is 372 g/mol. The van der Waals surface area contributed by atoms with Crippen molar-refractivity contribution in [2.24, 2.45) is 4.99 Å². The first-order chi connectivity index (χ1) is 13.4. The number of aromatic nitrogens is 3. The van der Waals surface area contributed by atoms with Crippen molar-refractivity contribution in [1.82, 2.24) is 20.1 Å². The quantitative estimate of drug-likeness (QED) is 0.615. The Hall–Kier alpha value is -3.61. The molecule has 2 aromatic heterocycles. The number of ketones is 1. The Morgan fingerprint density at radius 3 is 2.96 bits per heavy atom. The summed E-state index contributed by atoms with van der Waals surface area (Å²) in [5.74, 6) is 1.05. The Balaban J connectivity index is 1.49. The van der Waals surface area contributed by atoms with E-state index in [0.29, 0.717) is 17.1 Å². The molecular weight excluding hydrogens is 352 g/mol. The lowest BCUT2D eigenvalue weighted by molar-refractivity contribution is 0.103. The zero-order valence-corrected chi connectivity index (χ0v) is 15.7. The first-order valence-electron chi connectivity index (χ1n) is 9.17. The molecule has 7 heteroatoms. The molecule has 28 heavy (non-hydrogen) atoms. The van der Waals surface area contributed by atoms with Gasteiger partial charge in [0.2, 0.25) is 5.78 Å². The van der Waals surface area contributed by atoms with Crippen LogP contribution in [0.25, 0.3) is 16.6 Å². The number of anilines is 1. The Bertz CT molecular complexity index is 1190. The third-order valence-corrected chi connectivity index (χ3v) is 5.38. The van der Waals surface area contributed by atoms with Crippen molar-refractivity contribution in [2.45, 2.75) is 25.8 Å². The topological polar surface area (TPSA) is 101 Å². The predicted molar refractivity (Wildman–Crippen MR) is 110 cm³/mol. The van der Waals surface area contributed by atoms with Crippen LogP contribution in [-0.4, -0.2) is 31.9 Å². The molecule has 0 fully saturated rings. The number of para-hydroxylation sites is 1. The second kappa shape index (κ2) is 5.69. The van der Waals surface area contributed by atoms with Crippen molar-refractivity contribution in [1.29, 1.82) is 0 Å². The van der Waals surface area contributed by atoms with E-state index < -0.39 is 0 Å². The SMILES string of the molecule is CC1=NC2(C)CC=C(n3ncc(C(=O)c4cc5ccccc5[nH]4)c3N)C=C2N1. The van der Waals surface area contributed by atoms with Gasteiger partial charge >= 0.3 is 0 Å². The Labute approximate surface area is 161 Å². The van der Waals surface area contributed by atoms with E-state index >= 15 is 0 Å². The molecule has 1 aliphatic heterocycles. The third kappa shape index (κ3) is 2.40. The summed E-state index contributed by atoms with van der Waals surface area (Å²) in [7, 11) is 0. The lowest BCUT2D eigenvalue weighted by atomic mass is 9.90. The van der Waals surface area contributed by atoms with Crippen LogP contribution in [0.3, 0.4) is 0 Å². The van der Waals surface area contributed by atoms with Gasteiger partial charge in [0.1, 0.15) is 11.4 Å². The molecule has 4 N–H and O–H groups in total. The molecule has 3 heterocycles. The summed E-state index contributed by atoms with van der Waals surface area (Å²) < 4.78 is 1.61. The minimum Gasteiger partial charge on any atom is -0.383 e. The van der Waals surface area contributed by atoms with E-state index in [1.165, 1.54) is 6.20 Å². The fourth-order valence-corrected chi connectivity index (χ4v) is 3.87. The van der Waals surface area contributed by atoms with Crippen molar-refractivity contribution in [2.75, 3.05) is 5.73 Å². The molecule has 5 rings (SSSR count). The maximum atomic E-state index is 13.0. The van der Waals surface area contributed by atoms with Gasteiger partial charge in [-0.05, 0) is 38.5 Å². The van der Waals surface area contributed by atoms with E-state index in [1.807, 2.05) is 49.4 Å². The first-order valence-corrected chi connectivity index (χ1v) is 9.17. The number of aliphatic imine (C=N–C) groups is 1. The second-order valence-electron chi connectivity index (χ2n) is 7.44. The summed E-state index contributed by atoms with van der Waals surface area (Å²) in [5.41, 5.74) is 9.69. The van der Waals surface area contributed by atoms with E-state index in [-0.39, 0.29) is 11.3 Å². The van der Waals surface area contributed by atoms with Crippen LogP contribution in [0, 0.1) is 0 Å². The summed E-state index contributed by atoms with van der Waals surface area (Å²) in [6.45, 7) is 4.04. The van der Waals surface area contributed by atoms with Gasteiger partial charge < -0.3 is 16.0 Å². The van der Waals surface area contributed by atoms with Gasteiger partial charge in [0.05, 0.1) is 29.0 Å². The molecule has 0 saturated heterocycles. The van der Waals surface area contributed by atoms with Gasteiger partial charge in [-0.1, -0.05) is 24.3 Å². The van der Waals surface area contributed by atoms with E-state index in [0.717, 1.165) is 34.6 Å². The van der Waals surface area contributed by atoms with Crippen LogP contribution in [0.15, 0.2) is 59.4 Å². The number of carbonyl (C=O) groups is 1. The molecule has 0 spiro atoms. The van der Waals surface area contributed by atoms with E-state index in [9.17, 15) is 4.79 Å². The van der Waals surface area contributed by atoms with Crippen molar-refractivity contribution in [3.8, 4) is 0 Å². The highest BCUT2D eigenvalue weighted by molar-refractivity contribution is 6.12. The Kier molecular flexibility index (Phi) is 3.37. The number of aromatic amines is 1. The molecule has 1 aromatic carbocycles. The average Bonchev–Trinajstić information content (AvgIpc) is 3.34. The third-order valence-electron chi connectivity index (χ3n) is 5.38. The van der Waals surface area contributed by atoms with Crippen LogP contribution >= 0.6 is 0 Å². The van der Waals surface area contributed by atoms with E-state index in [2.05, 4.69) is 27.3 Å². The molecule has 0 radical (unpaired) electrons. The fraction of sp³-hybridized carbons (Fsp3) is 0.190. The van der Waals surface area contributed by atoms with Crippen LogP contribution in [-0.2, 0) is 0 Å². The van der Waals surface area contributed by atoms with E-state index in [1.54, 1.807) is 4.68 Å². The summed E-state index contributed by atoms with van der Waals surface area (Å²) >= 11 is 0. The maximum absolute atomic E-state index is 13.0.